The quantitative estimate of drug-likeness (QED) is 0.625. The highest BCUT2D eigenvalue weighted by atomic mass is 16.1. The van der Waals surface area contributed by atoms with Crippen LogP contribution in [0.4, 0.5) is 0 Å². The molecule has 0 unspecified atom stereocenters. The van der Waals surface area contributed by atoms with E-state index in [4.69, 9.17) is 5.73 Å². The van der Waals surface area contributed by atoms with E-state index in [0.717, 1.165) is 25.2 Å². The predicted octanol–water partition coefficient (Wildman–Crippen LogP) is 1.34. The molecule has 1 fully saturated rings. The van der Waals surface area contributed by atoms with Gasteiger partial charge in [-0.2, -0.15) is 0 Å². The van der Waals surface area contributed by atoms with Gasteiger partial charge in [0.25, 0.3) is 0 Å². The molecule has 64 valence electrons. The third kappa shape index (κ3) is 2.62. The number of hydrogen-bond acceptors (Lipinski definition) is 2. The van der Waals surface area contributed by atoms with Gasteiger partial charge in [-0.25, -0.2) is 0 Å². The topological polar surface area (TPSA) is 43.1 Å². The van der Waals surface area contributed by atoms with Crippen LogP contribution in [0.2, 0.25) is 0 Å². The van der Waals surface area contributed by atoms with Crippen molar-refractivity contribution in [2.24, 2.45) is 17.6 Å². The third-order valence-electron chi connectivity index (χ3n) is 2.73. The second-order valence-corrected chi connectivity index (χ2v) is 3.52. The van der Waals surface area contributed by atoms with E-state index in [-0.39, 0.29) is 0 Å². The Morgan fingerprint density at radius 3 is 2.18 bits per heavy atom. The molecule has 0 saturated heterocycles. The number of hydrogen-bond donors (Lipinski definition) is 1. The van der Waals surface area contributed by atoms with E-state index in [1.807, 2.05) is 0 Å². The van der Waals surface area contributed by atoms with E-state index in [2.05, 4.69) is 0 Å². The van der Waals surface area contributed by atoms with Crippen molar-refractivity contribution in [2.45, 2.75) is 32.1 Å². The SMILES string of the molecule is NCC1CCC(CC=O)CC1. The lowest BCUT2D eigenvalue weighted by Crippen LogP contribution is -2.21. The second kappa shape index (κ2) is 4.50. The molecule has 1 aliphatic carbocycles. The van der Waals surface area contributed by atoms with Crippen LogP contribution in [-0.2, 0) is 4.79 Å². The van der Waals surface area contributed by atoms with Crippen molar-refractivity contribution in [3.63, 3.8) is 0 Å². The first-order valence-corrected chi connectivity index (χ1v) is 4.50. The van der Waals surface area contributed by atoms with Gasteiger partial charge in [0, 0.05) is 6.42 Å². The summed E-state index contributed by atoms with van der Waals surface area (Å²) in [5.41, 5.74) is 5.55. The Morgan fingerprint density at radius 1 is 1.18 bits per heavy atom. The molecule has 0 atom stereocenters. The molecule has 0 aromatic rings. The summed E-state index contributed by atoms with van der Waals surface area (Å²) in [6, 6.07) is 0. The maximum absolute atomic E-state index is 10.2. The van der Waals surface area contributed by atoms with Crippen LogP contribution in [0.1, 0.15) is 32.1 Å². The van der Waals surface area contributed by atoms with Crippen LogP contribution in [-0.4, -0.2) is 12.8 Å². The van der Waals surface area contributed by atoms with Crippen molar-refractivity contribution in [2.75, 3.05) is 6.54 Å². The lowest BCUT2D eigenvalue weighted by molar-refractivity contribution is -0.108. The molecule has 0 radical (unpaired) electrons. The van der Waals surface area contributed by atoms with Gasteiger partial charge in [-0.1, -0.05) is 0 Å². The summed E-state index contributed by atoms with van der Waals surface area (Å²) in [7, 11) is 0. The number of carbonyl (C=O) groups excluding carboxylic acids is 1. The largest absolute Gasteiger partial charge is 0.330 e. The minimum atomic E-state index is 0.662. The van der Waals surface area contributed by atoms with Crippen molar-refractivity contribution in [3.8, 4) is 0 Å². The van der Waals surface area contributed by atoms with Crippen LogP contribution in [0.5, 0.6) is 0 Å². The summed E-state index contributed by atoms with van der Waals surface area (Å²) in [6.45, 7) is 0.827. The molecule has 0 spiro atoms. The Morgan fingerprint density at radius 2 is 1.73 bits per heavy atom. The molecule has 0 aromatic heterocycles. The molecule has 0 amide bonds. The van der Waals surface area contributed by atoms with Crippen molar-refractivity contribution in [1.82, 2.24) is 0 Å². The van der Waals surface area contributed by atoms with Gasteiger partial charge in [-0.3, -0.25) is 0 Å². The smallest absolute Gasteiger partial charge is 0.120 e. The number of nitrogens with two attached hydrogens (primary N) is 1. The van der Waals surface area contributed by atoms with Crippen LogP contribution < -0.4 is 5.73 Å². The highest BCUT2D eigenvalue weighted by Crippen LogP contribution is 2.29. The molecule has 1 rings (SSSR count). The first-order valence-electron chi connectivity index (χ1n) is 4.50. The predicted molar refractivity (Wildman–Crippen MR) is 45.2 cm³/mol. The summed E-state index contributed by atoms with van der Waals surface area (Å²) < 4.78 is 0. The lowest BCUT2D eigenvalue weighted by atomic mass is 9.81. The van der Waals surface area contributed by atoms with Crippen molar-refractivity contribution < 1.29 is 4.79 Å². The minimum absolute atomic E-state index is 0.662. The van der Waals surface area contributed by atoms with Crippen LogP contribution >= 0.6 is 0 Å². The third-order valence-corrected chi connectivity index (χ3v) is 2.73. The van der Waals surface area contributed by atoms with Gasteiger partial charge in [-0.15, -0.1) is 0 Å². The van der Waals surface area contributed by atoms with Gasteiger partial charge in [0.1, 0.15) is 6.29 Å². The van der Waals surface area contributed by atoms with E-state index < -0.39 is 0 Å². The van der Waals surface area contributed by atoms with Gasteiger partial charge in [0.15, 0.2) is 0 Å². The molecule has 0 aromatic carbocycles. The van der Waals surface area contributed by atoms with Gasteiger partial charge in [0.05, 0.1) is 0 Å². The zero-order valence-electron chi connectivity index (χ0n) is 6.96. The standard InChI is InChI=1S/C9H17NO/c10-7-9-3-1-8(2-4-9)5-6-11/h6,8-9H,1-5,7,10H2. The number of carbonyl (C=O) groups is 1. The Labute approximate surface area is 68.2 Å². The number of aldehydes is 1. The Hall–Kier alpha value is -0.370. The highest BCUT2D eigenvalue weighted by molar-refractivity contribution is 5.49. The van der Waals surface area contributed by atoms with E-state index in [1.54, 1.807) is 0 Å². The summed E-state index contributed by atoms with van der Waals surface area (Å²) in [5.74, 6) is 1.40. The molecular formula is C9H17NO. The number of rotatable bonds is 3. The first-order chi connectivity index (χ1) is 5.36. The second-order valence-electron chi connectivity index (χ2n) is 3.52. The Kier molecular flexibility index (Phi) is 3.57. The average Bonchev–Trinajstić information content (AvgIpc) is 2.07. The molecule has 0 bridgehead atoms. The average molecular weight is 155 g/mol. The van der Waals surface area contributed by atoms with Crippen molar-refractivity contribution in [3.05, 3.63) is 0 Å². The maximum Gasteiger partial charge on any atom is 0.120 e. The molecule has 11 heavy (non-hydrogen) atoms. The van der Waals surface area contributed by atoms with Gasteiger partial charge < -0.3 is 10.5 Å². The maximum atomic E-state index is 10.2. The van der Waals surface area contributed by atoms with E-state index in [9.17, 15) is 4.79 Å². The lowest BCUT2D eigenvalue weighted by Gasteiger charge is -2.26. The van der Waals surface area contributed by atoms with Crippen LogP contribution in [0.25, 0.3) is 0 Å². The monoisotopic (exact) mass is 155 g/mol. The summed E-state index contributed by atoms with van der Waals surface area (Å²) >= 11 is 0. The summed E-state index contributed by atoms with van der Waals surface area (Å²) in [6.07, 6.45) is 6.69. The van der Waals surface area contributed by atoms with Crippen LogP contribution in [0, 0.1) is 11.8 Å². The fourth-order valence-corrected chi connectivity index (χ4v) is 1.84. The zero-order valence-corrected chi connectivity index (χ0v) is 6.96. The minimum Gasteiger partial charge on any atom is -0.330 e. The van der Waals surface area contributed by atoms with E-state index in [1.165, 1.54) is 25.7 Å². The fourth-order valence-electron chi connectivity index (χ4n) is 1.84. The van der Waals surface area contributed by atoms with Gasteiger partial charge >= 0.3 is 0 Å². The molecule has 1 saturated carbocycles. The van der Waals surface area contributed by atoms with Gasteiger partial charge in [0.2, 0.25) is 0 Å². The Bertz CT molecular complexity index is 117. The zero-order chi connectivity index (χ0) is 8.10. The summed E-state index contributed by atoms with van der Waals surface area (Å²) in [4.78, 5) is 10.2. The molecule has 2 nitrogen and oxygen atoms in total. The Balaban J connectivity index is 2.18. The molecule has 2 heteroatoms. The summed E-state index contributed by atoms with van der Waals surface area (Å²) in [5, 5.41) is 0. The highest BCUT2D eigenvalue weighted by Gasteiger charge is 2.19. The van der Waals surface area contributed by atoms with Crippen LogP contribution in [0.3, 0.4) is 0 Å². The normalized spacial score (nSPS) is 31.7. The van der Waals surface area contributed by atoms with Gasteiger partial charge in [-0.05, 0) is 44.1 Å². The molecular weight excluding hydrogens is 138 g/mol. The van der Waals surface area contributed by atoms with Crippen molar-refractivity contribution in [1.29, 1.82) is 0 Å². The van der Waals surface area contributed by atoms with E-state index >= 15 is 0 Å². The first kappa shape index (κ1) is 8.72. The fraction of sp³-hybridized carbons (Fsp3) is 0.889. The molecule has 2 N–H and O–H groups in total. The molecule has 0 aliphatic heterocycles. The molecule has 0 heterocycles. The van der Waals surface area contributed by atoms with Crippen molar-refractivity contribution >= 4 is 6.29 Å². The van der Waals surface area contributed by atoms with Crippen LogP contribution in [0.15, 0.2) is 0 Å². The molecule has 1 aliphatic rings. The van der Waals surface area contributed by atoms with E-state index in [0.29, 0.717) is 5.92 Å².